The Labute approximate surface area is 114 Å². The summed E-state index contributed by atoms with van der Waals surface area (Å²) in [7, 11) is 3.97. The molecule has 2 aromatic rings. The zero-order chi connectivity index (χ0) is 13.8. The van der Waals surface area contributed by atoms with Crippen LogP contribution in [0.2, 0.25) is 0 Å². The second kappa shape index (κ2) is 5.57. The third-order valence-electron chi connectivity index (χ3n) is 2.95. The summed E-state index contributed by atoms with van der Waals surface area (Å²) in [6.45, 7) is 2.01. The Morgan fingerprint density at radius 2 is 1.63 bits per heavy atom. The largest absolute Gasteiger partial charge is 0.868 e. The van der Waals surface area contributed by atoms with Gasteiger partial charge in [-0.15, -0.1) is 0 Å². The normalized spacial score (nSPS) is 11.4. The van der Waals surface area contributed by atoms with Gasteiger partial charge in [0.05, 0.1) is 0 Å². The van der Waals surface area contributed by atoms with Crippen molar-refractivity contribution in [3.05, 3.63) is 59.9 Å². The average Bonchev–Trinajstić information content (AvgIpc) is 2.40. The molecule has 0 spiro atoms. The van der Waals surface area contributed by atoms with Crippen molar-refractivity contribution < 1.29 is 9.67 Å². The standard InChI is InChI=1S/C16H18N2O/c1-13-4-6-14(7-5-13)16(19)12-18-10-8-15(9-11-18)17(2)3/h4-12H,1-3H3/b16-12+. The quantitative estimate of drug-likeness (QED) is 0.616. The van der Waals surface area contributed by atoms with Gasteiger partial charge in [-0.1, -0.05) is 29.8 Å². The zero-order valence-corrected chi connectivity index (χ0v) is 11.5. The lowest BCUT2D eigenvalue weighted by molar-refractivity contribution is -0.569. The molecule has 19 heavy (non-hydrogen) atoms. The smallest absolute Gasteiger partial charge is 0.176 e. The number of hydrogen-bond acceptors (Lipinski definition) is 2. The number of aryl methyl sites for hydroxylation is 1. The van der Waals surface area contributed by atoms with Gasteiger partial charge >= 0.3 is 0 Å². The predicted octanol–water partition coefficient (Wildman–Crippen LogP) is 1.66. The molecule has 0 fully saturated rings. The van der Waals surface area contributed by atoms with Crippen molar-refractivity contribution in [2.45, 2.75) is 6.92 Å². The fourth-order valence-corrected chi connectivity index (χ4v) is 1.74. The summed E-state index contributed by atoms with van der Waals surface area (Å²) in [5.41, 5.74) is 2.96. The summed E-state index contributed by atoms with van der Waals surface area (Å²) in [5, 5.41) is 12.1. The molecule has 0 aliphatic rings. The number of aromatic nitrogens is 1. The molecule has 3 nitrogen and oxygen atoms in total. The fourth-order valence-electron chi connectivity index (χ4n) is 1.74. The van der Waals surface area contributed by atoms with Crippen LogP contribution in [0.3, 0.4) is 0 Å². The summed E-state index contributed by atoms with van der Waals surface area (Å²) >= 11 is 0. The van der Waals surface area contributed by atoms with E-state index in [1.165, 1.54) is 0 Å². The predicted molar refractivity (Wildman–Crippen MR) is 76.3 cm³/mol. The van der Waals surface area contributed by atoms with E-state index in [-0.39, 0.29) is 5.76 Å². The molecular weight excluding hydrogens is 236 g/mol. The maximum absolute atomic E-state index is 12.1. The number of anilines is 1. The van der Waals surface area contributed by atoms with Gasteiger partial charge in [-0.2, -0.15) is 4.57 Å². The van der Waals surface area contributed by atoms with Crippen LogP contribution < -0.4 is 14.6 Å². The van der Waals surface area contributed by atoms with E-state index in [0.717, 1.165) is 11.3 Å². The molecule has 0 saturated carbocycles. The molecule has 98 valence electrons. The van der Waals surface area contributed by atoms with Crippen LogP contribution >= 0.6 is 0 Å². The zero-order valence-electron chi connectivity index (χ0n) is 11.5. The van der Waals surface area contributed by atoms with Gasteiger partial charge in [0.1, 0.15) is 0 Å². The van der Waals surface area contributed by atoms with Crippen LogP contribution in [-0.2, 0) is 0 Å². The van der Waals surface area contributed by atoms with E-state index in [4.69, 9.17) is 0 Å². The Kier molecular flexibility index (Phi) is 3.85. The van der Waals surface area contributed by atoms with Crippen molar-refractivity contribution in [3.8, 4) is 0 Å². The number of hydrogen-bond donors (Lipinski definition) is 0. The van der Waals surface area contributed by atoms with Gasteiger partial charge in [0, 0.05) is 31.9 Å². The monoisotopic (exact) mass is 254 g/mol. The number of rotatable bonds is 3. The second-order valence-electron chi connectivity index (χ2n) is 4.76. The molecule has 0 unspecified atom stereocenters. The van der Waals surface area contributed by atoms with Crippen LogP contribution in [0, 0.1) is 6.92 Å². The highest BCUT2D eigenvalue weighted by atomic mass is 16.3. The molecule has 0 bridgehead atoms. The van der Waals surface area contributed by atoms with Crippen molar-refractivity contribution in [2.75, 3.05) is 19.0 Å². The van der Waals surface area contributed by atoms with Crippen LogP contribution in [0.4, 0.5) is 5.69 Å². The summed E-state index contributed by atoms with van der Waals surface area (Å²) in [6.07, 6.45) is 5.34. The summed E-state index contributed by atoms with van der Waals surface area (Å²) in [5.74, 6) is 0.00241. The Hall–Kier alpha value is -2.29. The third kappa shape index (κ3) is 3.35. The van der Waals surface area contributed by atoms with Crippen molar-refractivity contribution in [1.29, 1.82) is 0 Å². The first-order valence-corrected chi connectivity index (χ1v) is 6.20. The van der Waals surface area contributed by atoms with Crippen molar-refractivity contribution in [2.24, 2.45) is 0 Å². The molecule has 0 amide bonds. The lowest BCUT2D eigenvalue weighted by atomic mass is 10.1. The number of pyridine rings is 1. The minimum atomic E-state index is 0.00241. The first-order chi connectivity index (χ1) is 9.06. The Bertz CT molecular complexity index is 569. The minimum absolute atomic E-state index is 0.00241. The lowest BCUT2D eigenvalue weighted by Gasteiger charge is -2.11. The molecule has 1 aromatic carbocycles. The molecule has 0 radical (unpaired) electrons. The molecule has 2 rings (SSSR count). The molecule has 0 aliphatic carbocycles. The summed E-state index contributed by atoms with van der Waals surface area (Å²) < 4.78 is 1.77. The first kappa shape index (κ1) is 13.1. The highest BCUT2D eigenvalue weighted by Gasteiger charge is 2.00. The van der Waals surface area contributed by atoms with E-state index in [9.17, 15) is 5.11 Å². The number of nitrogens with zero attached hydrogens (tertiary/aromatic N) is 2. The molecule has 1 aromatic heterocycles. The molecule has 1 heterocycles. The number of benzene rings is 1. The molecule has 3 heteroatoms. The van der Waals surface area contributed by atoms with E-state index >= 15 is 0 Å². The summed E-state index contributed by atoms with van der Waals surface area (Å²) in [4.78, 5) is 2.02. The Balaban J connectivity index is 2.22. The maximum atomic E-state index is 12.1. The first-order valence-electron chi connectivity index (χ1n) is 6.20. The van der Waals surface area contributed by atoms with E-state index < -0.39 is 0 Å². The molecule has 0 aliphatic heterocycles. The van der Waals surface area contributed by atoms with E-state index in [1.54, 1.807) is 10.8 Å². The second-order valence-corrected chi connectivity index (χ2v) is 4.76. The van der Waals surface area contributed by atoms with Gasteiger partial charge in [0.15, 0.2) is 18.6 Å². The highest BCUT2D eigenvalue weighted by molar-refractivity contribution is 5.64. The van der Waals surface area contributed by atoms with Gasteiger partial charge in [0.2, 0.25) is 0 Å². The molecule has 0 N–H and O–H groups in total. The molecular formula is C16H18N2O. The SMILES string of the molecule is Cc1ccc(/C([O-])=C\[n+]2ccc(N(C)C)cc2)cc1. The van der Waals surface area contributed by atoms with Gasteiger partial charge < -0.3 is 10.0 Å². The fraction of sp³-hybridized carbons (Fsp3) is 0.188. The van der Waals surface area contributed by atoms with E-state index in [1.807, 2.05) is 74.7 Å². The van der Waals surface area contributed by atoms with Crippen molar-refractivity contribution >= 4 is 17.6 Å². The van der Waals surface area contributed by atoms with Gasteiger partial charge in [-0.3, -0.25) is 0 Å². The van der Waals surface area contributed by atoms with Crippen LogP contribution in [0.5, 0.6) is 0 Å². The highest BCUT2D eigenvalue weighted by Crippen LogP contribution is 2.10. The third-order valence-corrected chi connectivity index (χ3v) is 2.95. The van der Waals surface area contributed by atoms with Crippen LogP contribution in [-0.4, -0.2) is 14.1 Å². The maximum Gasteiger partial charge on any atom is 0.176 e. The van der Waals surface area contributed by atoms with Crippen LogP contribution in [0.1, 0.15) is 11.1 Å². The van der Waals surface area contributed by atoms with Crippen LogP contribution in [0.15, 0.2) is 48.8 Å². The Morgan fingerprint density at radius 3 is 2.16 bits per heavy atom. The van der Waals surface area contributed by atoms with Crippen molar-refractivity contribution in [1.82, 2.24) is 0 Å². The van der Waals surface area contributed by atoms with Gasteiger partial charge in [-0.05, 0) is 18.2 Å². The van der Waals surface area contributed by atoms with E-state index in [2.05, 4.69) is 0 Å². The van der Waals surface area contributed by atoms with Crippen molar-refractivity contribution in [3.63, 3.8) is 0 Å². The van der Waals surface area contributed by atoms with E-state index in [0.29, 0.717) is 5.56 Å². The van der Waals surface area contributed by atoms with Gasteiger partial charge in [0.25, 0.3) is 0 Å². The topological polar surface area (TPSA) is 30.2 Å². The minimum Gasteiger partial charge on any atom is -0.868 e. The summed E-state index contributed by atoms with van der Waals surface area (Å²) in [6, 6.07) is 11.5. The van der Waals surface area contributed by atoms with Crippen LogP contribution in [0.25, 0.3) is 12.0 Å². The molecule has 0 atom stereocenters. The van der Waals surface area contributed by atoms with Gasteiger partial charge in [-0.25, -0.2) is 0 Å². The average molecular weight is 254 g/mol. The lowest BCUT2D eigenvalue weighted by Crippen LogP contribution is -2.27. The Morgan fingerprint density at radius 1 is 1.05 bits per heavy atom. The molecule has 0 saturated heterocycles.